The average molecular weight is 769 g/mol. The number of hydrogen-bond donors (Lipinski definition) is 2. The molecule has 0 fully saturated rings. The van der Waals surface area contributed by atoms with Crippen molar-refractivity contribution in [3.8, 4) is 0 Å². The third-order valence-corrected chi connectivity index (χ3v) is 11.0. The maximum atomic E-state index is 13.1. The fourth-order valence-electron chi connectivity index (χ4n) is 6.66. The number of ketones is 2. The van der Waals surface area contributed by atoms with E-state index >= 15 is 0 Å². The van der Waals surface area contributed by atoms with Crippen LogP contribution in [0.2, 0.25) is 0 Å². The molecule has 0 rings (SSSR count). The Morgan fingerprint density at radius 2 is 0.846 bits per heavy atom. The maximum Gasteiger partial charge on any atom is 1.00 e. The van der Waals surface area contributed by atoms with Crippen molar-refractivity contribution in [2.24, 2.45) is 5.92 Å². The van der Waals surface area contributed by atoms with Crippen molar-refractivity contribution in [3.05, 3.63) is 0 Å². The minimum absolute atomic E-state index is 0. The molecule has 0 heterocycles. The number of phosphoric acid groups is 1. The first-order valence-corrected chi connectivity index (χ1v) is 23.1. The number of phosphoric ester groups is 1. The van der Waals surface area contributed by atoms with E-state index in [1.54, 1.807) is 0 Å². The van der Waals surface area contributed by atoms with Gasteiger partial charge in [0.05, 0.1) is 19.8 Å². The van der Waals surface area contributed by atoms with Gasteiger partial charge >= 0.3 is 29.6 Å². The molecule has 3 unspecified atom stereocenters. The molecule has 0 spiro atoms. The van der Waals surface area contributed by atoms with Gasteiger partial charge in [0.1, 0.15) is 17.7 Å². The standard InChI is InChI=1S/C42H83O8P.Na/c1-3-5-7-9-11-13-15-17-19-21-23-25-27-29-31-33-40(44)35-39(37-49-51(47,48)50-38-41(45)36-43)42(46)34-32-30-28-26-24-22-20-18-16-14-12-10-8-6-4-2;/h39,41,43,45H,3-38H2,1-2H3,(H,47,48);/q;+1/p-1. The molecule has 2 N–H and O–H groups in total. The Kier molecular flexibility index (Phi) is 43.0. The van der Waals surface area contributed by atoms with Crippen molar-refractivity contribution in [1.29, 1.82) is 0 Å². The molecular formula is C42H82NaO8P. The van der Waals surface area contributed by atoms with Crippen LogP contribution < -0.4 is 34.5 Å². The molecule has 0 amide bonds. The molecule has 3 atom stereocenters. The van der Waals surface area contributed by atoms with Crippen molar-refractivity contribution in [2.75, 3.05) is 19.8 Å². The predicted octanol–water partition coefficient (Wildman–Crippen LogP) is 8.51. The van der Waals surface area contributed by atoms with E-state index in [1.807, 2.05) is 0 Å². The Morgan fingerprint density at radius 1 is 0.538 bits per heavy atom. The largest absolute Gasteiger partial charge is 1.00 e. The number of aliphatic hydroxyl groups excluding tert-OH is 2. The van der Waals surface area contributed by atoms with E-state index in [-0.39, 0.29) is 47.5 Å². The van der Waals surface area contributed by atoms with Gasteiger partial charge in [0.15, 0.2) is 0 Å². The summed E-state index contributed by atoms with van der Waals surface area (Å²) in [5, 5.41) is 18.3. The van der Waals surface area contributed by atoms with Crippen molar-refractivity contribution >= 4 is 19.4 Å². The SMILES string of the molecule is CCCCCCCCCCCCCCCCCC(=O)CC(COP(=O)([O-])OCC(O)CO)C(=O)CCCCCCCCCCCCCCCCC.[Na+]. The van der Waals surface area contributed by atoms with Gasteiger partial charge in [-0.25, -0.2) is 0 Å². The van der Waals surface area contributed by atoms with Gasteiger partial charge in [-0.05, 0) is 12.8 Å². The quantitative estimate of drug-likeness (QED) is 0.0359. The number of carbonyl (C=O) groups excluding carboxylic acids is 2. The van der Waals surface area contributed by atoms with Gasteiger partial charge in [-0.2, -0.15) is 0 Å². The molecule has 0 aliphatic carbocycles. The zero-order valence-corrected chi connectivity index (χ0v) is 37.3. The second-order valence-electron chi connectivity index (χ2n) is 15.2. The van der Waals surface area contributed by atoms with Crippen molar-refractivity contribution in [2.45, 2.75) is 232 Å². The van der Waals surface area contributed by atoms with E-state index in [0.717, 1.165) is 44.9 Å². The molecule has 52 heavy (non-hydrogen) atoms. The third kappa shape index (κ3) is 38.6. The number of unbranched alkanes of at least 4 members (excludes halogenated alkanes) is 28. The van der Waals surface area contributed by atoms with Crippen molar-refractivity contribution < 1.29 is 67.9 Å². The van der Waals surface area contributed by atoms with E-state index in [1.165, 1.54) is 148 Å². The van der Waals surface area contributed by atoms with Crippen LogP contribution in [0, 0.1) is 5.92 Å². The first-order valence-electron chi connectivity index (χ1n) is 21.7. The predicted molar refractivity (Wildman–Crippen MR) is 210 cm³/mol. The van der Waals surface area contributed by atoms with Gasteiger partial charge in [0.25, 0.3) is 7.82 Å². The first kappa shape index (κ1) is 54.5. The summed E-state index contributed by atoms with van der Waals surface area (Å²) in [6.07, 6.45) is 36.6. The van der Waals surface area contributed by atoms with E-state index in [2.05, 4.69) is 18.4 Å². The van der Waals surface area contributed by atoms with Crippen LogP contribution in [0.1, 0.15) is 226 Å². The van der Waals surface area contributed by atoms with Crippen LogP contribution in [0.4, 0.5) is 0 Å². The fourth-order valence-corrected chi connectivity index (χ4v) is 7.45. The van der Waals surface area contributed by atoms with Gasteiger partial charge < -0.3 is 24.2 Å². The topological polar surface area (TPSA) is 133 Å². The second-order valence-corrected chi connectivity index (χ2v) is 16.6. The Balaban J connectivity index is 0. The molecule has 0 aromatic heterocycles. The van der Waals surface area contributed by atoms with Crippen LogP contribution in [0.5, 0.6) is 0 Å². The summed E-state index contributed by atoms with van der Waals surface area (Å²) in [5.41, 5.74) is 0. The second kappa shape index (κ2) is 41.0. The molecular weight excluding hydrogens is 686 g/mol. The van der Waals surface area contributed by atoms with Gasteiger partial charge in [-0.15, -0.1) is 0 Å². The summed E-state index contributed by atoms with van der Waals surface area (Å²) in [6.45, 7) is 2.79. The summed E-state index contributed by atoms with van der Waals surface area (Å²) in [6, 6.07) is 0. The van der Waals surface area contributed by atoms with Gasteiger partial charge in [-0.3, -0.25) is 14.2 Å². The number of carbonyl (C=O) groups is 2. The molecule has 0 aromatic rings. The van der Waals surface area contributed by atoms with Gasteiger partial charge in [-0.1, -0.05) is 194 Å². The van der Waals surface area contributed by atoms with Crippen LogP contribution in [0.25, 0.3) is 0 Å². The monoisotopic (exact) mass is 769 g/mol. The Bertz CT molecular complexity index is 830. The molecule has 0 aliphatic heterocycles. The Labute approximate surface area is 343 Å². The molecule has 0 saturated carbocycles. The zero-order chi connectivity index (χ0) is 37.7. The number of rotatable bonds is 42. The summed E-state index contributed by atoms with van der Waals surface area (Å²) in [5.74, 6) is -1.03. The zero-order valence-electron chi connectivity index (χ0n) is 34.4. The first-order chi connectivity index (χ1) is 24.8. The number of Topliss-reactive ketones (excluding diaryl/α,β-unsaturated/α-hetero) is 2. The van der Waals surface area contributed by atoms with E-state index in [4.69, 9.17) is 9.63 Å². The normalized spacial score (nSPS) is 13.8. The van der Waals surface area contributed by atoms with Crippen LogP contribution in [0.15, 0.2) is 0 Å². The molecule has 0 radical (unpaired) electrons. The van der Waals surface area contributed by atoms with E-state index in [0.29, 0.717) is 12.8 Å². The maximum absolute atomic E-state index is 13.1. The van der Waals surface area contributed by atoms with E-state index < -0.39 is 39.7 Å². The van der Waals surface area contributed by atoms with Crippen LogP contribution in [-0.2, 0) is 23.2 Å². The smallest absolute Gasteiger partial charge is 0.756 e. The van der Waals surface area contributed by atoms with Crippen LogP contribution in [0.3, 0.4) is 0 Å². The summed E-state index contributed by atoms with van der Waals surface area (Å²) < 4.78 is 21.8. The summed E-state index contributed by atoms with van der Waals surface area (Å²) >= 11 is 0. The van der Waals surface area contributed by atoms with Gasteiger partial charge in [0, 0.05) is 25.2 Å². The third-order valence-electron chi connectivity index (χ3n) is 10.1. The average Bonchev–Trinajstić information content (AvgIpc) is 3.12. The van der Waals surface area contributed by atoms with Crippen molar-refractivity contribution in [1.82, 2.24) is 0 Å². The molecule has 0 aromatic carbocycles. The number of hydrogen-bond acceptors (Lipinski definition) is 8. The van der Waals surface area contributed by atoms with Crippen LogP contribution >= 0.6 is 7.82 Å². The molecule has 10 heteroatoms. The number of aliphatic hydroxyl groups is 2. The summed E-state index contributed by atoms with van der Waals surface area (Å²) in [7, 11) is -4.80. The molecule has 8 nitrogen and oxygen atoms in total. The van der Waals surface area contributed by atoms with E-state index in [9.17, 15) is 24.2 Å². The summed E-state index contributed by atoms with van der Waals surface area (Å²) in [4.78, 5) is 38.1. The Morgan fingerprint density at radius 3 is 1.19 bits per heavy atom. The fraction of sp³-hybridized carbons (Fsp3) is 0.952. The molecule has 304 valence electrons. The Hall–Kier alpha value is 0.370. The molecule has 0 bridgehead atoms. The van der Waals surface area contributed by atoms with Crippen molar-refractivity contribution in [3.63, 3.8) is 0 Å². The van der Waals surface area contributed by atoms with Crippen LogP contribution in [-0.4, -0.2) is 47.7 Å². The molecule has 0 saturated heterocycles. The van der Waals surface area contributed by atoms with Gasteiger partial charge in [0.2, 0.25) is 0 Å². The minimum atomic E-state index is -4.80. The minimum Gasteiger partial charge on any atom is -0.756 e. The molecule has 0 aliphatic rings.